The maximum absolute atomic E-state index is 12.8. The zero-order valence-corrected chi connectivity index (χ0v) is 15.3. The van der Waals surface area contributed by atoms with E-state index < -0.39 is 6.36 Å². The molecular weight excluding hydrogens is 369 g/mol. The van der Waals surface area contributed by atoms with Gasteiger partial charge in [0.2, 0.25) is 0 Å². The van der Waals surface area contributed by atoms with E-state index in [-0.39, 0.29) is 35.5 Å². The van der Waals surface area contributed by atoms with Crippen LogP contribution < -0.4 is 10.1 Å². The topological polar surface area (TPSA) is 41.6 Å². The number of halogens is 4. The van der Waals surface area contributed by atoms with E-state index in [1.54, 1.807) is 11.0 Å². The van der Waals surface area contributed by atoms with Crippen LogP contribution in [0.5, 0.6) is 5.75 Å². The molecule has 146 valence electrons. The smallest absolute Gasteiger partial charge is 0.405 e. The van der Waals surface area contributed by atoms with Gasteiger partial charge in [0.1, 0.15) is 5.75 Å². The largest absolute Gasteiger partial charge is 0.573 e. The molecule has 1 aromatic rings. The third-order valence-electron chi connectivity index (χ3n) is 4.92. The Balaban J connectivity index is 0.00000243. The fraction of sp³-hybridized carbons (Fsp3) is 0.611. The number of carbonyl (C=O) groups is 1. The van der Waals surface area contributed by atoms with Crippen molar-refractivity contribution in [1.82, 2.24) is 10.2 Å². The standard InChI is InChI=1S/C18H23F3N2O2.ClH/c19-18(20,21)25-16-12-14(13-6-8-22-9-7-13)4-5-15(16)17(24)23-10-2-1-3-11-23;/h4-5,12-13,22H,1-3,6-11H2;1H. The first-order valence-electron chi connectivity index (χ1n) is 8.84. The van der Waals surface area contributed by atoms with Crippen LogP contribution in [-0.2, 0) is 0 Å². The van der Waals surface area contributed by atoms with E-state index in [2.05, 4.69) is 10.1 Å². The third-order valence-corrected chi connectivity index (χ3v) is 4.92. The summed E-state index contributed by atoms with van der Waals surface area (Å²) in [5, 5.41) is 3.24. The van der Waals surface area contributed by atoms with Crippen molar-refractivity contribution in [2.24, 2.45) is 0 Å². The van der Waals surface area contributed by atoms with Crippen LogP contribution in [0, 0.1) is 0 Å². The number of hydrogen-bond acceptors (Lipinski definition) is 3. The number of alkyl halides is 3. The molecule has 2 aliphatic rings. The Morgan fingerprint density at radius 1 is 1.12 bits per heavy atom. The summed E-state index contributed by atoms with van der Waals surface area (Å²) in [4.78, 5) is 14.3. The van der Waals surface area contributed by atoms with Crippen molar-refractivity contribution in [3.63, 3.8) is 0 Å². The molecule has 0 radical (unpaired) electrons. The summed E-state index contributed by atoms with van der Waals surface area (Å²) in [5.41, 5.74) is 0.799. The first kappa shape index (κ1) is 20.8. The summed E-state index contributed by atoms with van der Waals surface area (Å²) in [6.07, 6.45) is -0.271. The number of piperidine rings is 2. The number of amides is 1. The number of carbonyl (C=O) groups excluding carboxylic acids is 1. The highest BCUT2D eigenvalue weighted by Gasteiger charge is 2.34. The highest BCUT2D eigenvalue weighted by Crippen LogP contribution is 2.33. The van der Waals surface area contributed by atoms with Crippen molar-refractivity contribution in [2.75, 3.05) is 26.2 Å². The molecule has 1 N–H and O–H groups in total. The van der Waals surface area contributed by atoms with Crippen LogP contribution in [0.2, 0.25) is 0 Å². The molecule has 4 nitrogen and oxygen atoms in total. The number of rotatable bonds is 3. The SMILES string of the molecule is Cl.O=C(c1ccc(C2CCNCC2)cc1OC(F)(F)F)N1CCCCC1. The first-order valence-corrected chi connectivity index (χ1v) is 8.84. The van der Waals surface area contributed by atoms with E-state index in [1.165, 1.54) is 12.1 Å². The Morgan fingerprint density at radius 3 is 2.38 bits per heavy atom. The minimum absolute atomic E-state index is 0. The second-order valence-electron chi connectivity index (χ2n) is 6.68. The Morgan fingerprint density at radius 2 is 1.77 bits per heavy atom. The van der Waals surface area contributed by atoms with Gasteiger partial charge in [0, 0.05) is 13.1 Å². The van der Waals surface area contributed by atoms with Crippen LogP contribution in [-0.4, -0.2) is 43.3 Å². The van der Waals surface area contributed by atoms with Gasteiger partial charge in [-0.1, -0.05) is 6.07 Å². The summed E-state index contributed by atoms with van der Waals surface area (Å²) in [5.74, 6) is -0.564. The zero-order chi connectivity index (χ0) is 17.9. The predicted octanol–water partition coefficient (Wildman–Crippen LogP) is 4.10. The molecular formula is C18H24ClF3N2O2. The molecule has 26 heavy (non-hydrogen) atoms. The molecule has 0 atom stereocenters. The predicted molar refractivity (Wildman–Crippen MR) is 95.0 cm³/mol. The summed E-state index contributed by atoms with van der Waals surface area (Å²) in [7, 11) is 0. The van der Waals surface area contributed by atoms with Crippen molar-refractivity contribution in [3.05, 3.63) is 29.3 Å². The summed E-state index contributed by atoms with van der Waals surface area (Å²) < 4.78 is 42.7. The van der Waals surface area contributed by atoms with Gasteiger partial charge in [-0.05, 0) is 68.8 Å². The fourth-order valence-corrected chi connectivity index (χ4v) is 3.60. The lowest BCUT2D eigenvalue weighted by atomic mass is 9.89. The molecule has 2 aliphatic heterocycles. The number of likely N-dealkylation sites (tertiary alicyclic amines) is 1. The second kappa shape index (κ2) is 8.95. The second-order valence-corrected chi connectivity index (χ2v) is 6.68. The van der Waals surface area contributed by atoms with Gasteiger partial charge in [-0.25, -0.2) is 0 Å². The molecule has 2 fully saturated rings. The molecule has 0 spiro atoms. The van der Waals surface area contributed by atoms with Gasteiger partial charge in [0.05, 0.1) is 5.56 Å². The quantitative estimate of drug-likeness (QED) is 0.842. The molecule has 1 aromatic carbocycles. The average Bonchev–Trinajstić information content (AvgIpc) is 2.61. The molecule has 0 aromatic heterocycles. The lowest BCUT2D eigenvalue weighted by molar-refractivity contribution is -0.274. The van der Waals surface area contributed by atoms with Gasteiger partial charge >= 0.3 is 6.36 Å². The number of benzene rings is 1. The van der Waals surface area contributed by atoms with Crippen LogP contribution in [0.15, 0.2) is 18.2 Å². The molecule has 3 rings (SSSR count). The summed E-state index contributed by atoms with van der Waals surface area (Å²) in [6.45, 7) is 2.85. The lowest BCUT2D eigenvalue weighted by Crippen LogP contribution is -2.36. The Hall–Kier alpha value is -1.47. The number of ether oxygens (including phenoxy) is 1. The Labute approximate surface area is 157 Å². The van der Waals surface area contributed by atoms with Gasteiger partial charge in [-0.15, -0.1) is 25.6 Å². The van der Waals surface area contributed by atoms with Crippen molar-refractivity contribution in [2.45, 2.75) is 44.4 Å². The van der Waals surface area contributed by atoms with Crippen LogP contribution in [0.3, 0.4) is 0 Å². The normalized spacial score (nSPS) is 19.0. The van der Waals surface area contributed by atoms with Crippen LogP contribution in [0.4, 0.5) is 13.2 Å². The monoisotopic (exact) mass is 392 g/mol. The highest BCUT2D eigenvalue weighted by molar-refractivity contribution is 5.97. The minimum atomic E-state index is -4.82. The van der Waals surface area contributed by atoms with E-state index in [0.29, 0.717) is 13.1 Å². The fourth-order valence-electron chi connectivity index (χ4n) is 3.60. The van der Waals surface area contributed by atoms with Crippen LogP contribution in [0.1, 0.15) is 53.9 Å². The first-order chi connectivity index (χ1) is 11.9. The van der Waals surface area contributed by atoms with Gasteiger partial charge in [0.25, 0.3) is 5.91 Å². The Bertz CT molecular complexity index is 613. The van der Waals surface area contributed by atoms with Gasteiger partial charge in [0.15, 0.2) is 0 Å². The number of nitrogens with one attached hydrogen (secondary N) is 1. The molecule has 0 aliphatic carbocycles. The zero-order valence-electron chi connectivity index (χ0n) is 14.5. The third kappa shape index (κ3) is 5.27. The van der Waals surface area contributed by atoms with Crippen molar-refractivity contribution in [3.8, 4) is 5.75 Å². The van der Waals surface area contributed by atoms with Crippen LogP contribution in [0.25, 0.3) is 0 Å². The van der Waals surface area contributed by atoms with E-state index in [0.717, 1.165) is 50.8 Å². The average molecular weight is 393 g/mol. The maximum Gasteiger partial charge on any atom is 0.573 e. The molecule has 8 heteroatoms. The molecule has 2 heterocycles. The van der Waals surface area contributed by atoms with Crippen molar-refractivity contribution < 1.29 is 22.7 Å². The summed E-state index contributed by atoms with van der Waals surface area (Å²) in [6, 6.07) is 4.67. The Kier molecular flexibility index (Phi) is 7.17. The summed E-state index contributed by atoms with van der Waals surface area (Å²) >= 11 is 0. The van der Waals surface area contributed by atoms with E-state index in [9.17, 15) is 18.0 Å². The van der Waals surface area contributed by atoms with Crippen molar-refractivity contribution in [1.29, 1.82) is 0 Å². The maximum atomic E-state index is 12.8. The van der Waals surface area contributed by atoms with E-state index in [4.69, 9.17) is 0 Å². The van der Waals surface area contributed by atoms with Gasteiger partial charge in [-0.2, -0.15) is 0 Å². The van der Waals surface area contributed by atoms with Gasteiger partial charge in [-0.3, -0.25) is 4.79 Å². The molecule has 2 saturated heterocycles. The number of hydrogen-bond donors (Lipinski definition) is 1. The lowest BCUT2D eigenvalue weighted by Gasteiger charge is -2.28. The van der Waals surface area contributed by atoms with E-state index >= 15 is 0 Å². The molecule has 1 amide bonds. The van der Waals surface area contributed by atoms with Gasteiger partial charge < -0.3 is 15.0 Å². The highest BCUT2D eigenvalue weighted by atomic mass is 35.5. The number of nitrogens with zero attached hydrogens (tertiary/aromatic N) is 1. The molecule has 0 unspecified atom stereocenters. The molecule has 0 bridgehead atoms. The van der Waals surface area contributed by atoms with Crippen molar-refractivity contribution >= 4 is 18.3 Å². The van der Waals surface area contributed by atoms with Crippen LogP contribution >= 0.6 is 12.4 Å². The van der Waals surface area contributed by atoms with E-state index in [1.807, 2.05) is 0 Å². The minimum Gasteiger partial charge on any atom is -0.405 e. The molecule has 0 saturated carbocycles.